The average Bonchev–Trinajstić information content (AvgIpc) is 1.00. The van der Waals surface area contributed by atoms with Crippen molar-refractivity contribution < 1.29 is 37.1 Å². The van der Waals surface area contributed by atoms with Crippen LogP contribution in [0.3, 0.4) is 0 Å². The van der Waals surface area contributed by atoms with Gasteiger partial charge in [-0.3, -0.25) is 0 Å². The molecule has 0 aromatic carbocycles. The van der Waals surface area contributed by atoms with Gasteiger partial charge < -0.3 is 7.51 Å². The van der Waals surface area contributed by atoms with Crippen molar-refractivity contribution in [1.29, 1.82) is 0 Å². The van der Waals surface area contributed by atoms with E-state index in [9.17, 15) is 0 Å². The summed E-state index contributed by atoms with van der Waals surface area (Å²) in [6, 6.07) is 0. The molecular weight excluding hydrogens is 98.7 g/mol. The summed E-state index contributed by atoms with van der Waals surface area (Å²) in [5.74, 6) is 0. The van der Waals surface area contributed by atoms with E-state index in [0.29, 0.717) is 0 Å². The van der Waals surface area contributed by atoms with Gasteiger partial charge in [0.15, 0.2) is 0 Å². The van der Waals surface area contributed by atoms with Gasteiger partial charge >= 0.3 is 52.6 Å². The smallest absolute Gasteiger partial charge is 1.00 e. The Balaban J connectivity index is -0.000000000833. The van der Waals surface area contributed by atoms with Gasteiger partial charge in [0.2, 0.25) is 0 Å². The summed E-state index contributed by atoms with van der Waals surface area (Å²) >= 11 is 3.39. The van der Waals surface area contributed by atoms with Crippen LogP contribution in [-0.4, -0.2) is 23.1 Å². The van der Waals surface area contributed by atoms with Crippen molar-refractivity contribution in [2.75, 3.05) is 0 Å². The Bertz CT molecular complexity index is 13.5. The molecule has 0 aromatic heterocycles. The summed E-state index contributed by atoms with van der Waals surface area (Å²) in [6.07, 6.45) is 0. The molecule has 4 heavy (non-hydrogen) atoms. The van der Waals surface area contributed by atoms with Crippen molar-refractivity contribution in [3.05, 3.63) is 0 Å². The van der Waals surface area contributed by atoms with E-state index in [2.05, 4.69) is 11.9 Å². The topological polar surface area (TPSA) is 23.1 Å². The maximum absolute atomic E-state index is 7.72. The Morgan fingerprint density at radius 1 is 1.50 bits per heavy atom. The zero-order chi connectivity index (χ0) is 2.00. The third-order valence-corrected chi connectivity index (χ3v) is 0. The first-order chi connectivity index (χ1) is 1.00. The Morgan fingerprint density at radius 2 is 1.50 bits per heavy atom. The van der Waals surface area contributed by atoms with E-state index in [1.807, 2.05) is 0 Å². The predicted molar refractivity (Wildman–Crippen MR) is 13.8 cm³/mol. The quantitative estimate of drug-likeness (QED) is 0.288. The molecule has 0 aliphatic heterocycles. The van der Waals surface area contributed by atoms with E-state index in [1.54, 1.807) is 0 Å². The molecule has 0 N–H and O–H groups in total. The van der Waals surface area contributed by atoms with E-state index in [-0.39, 0.29) is 55.5 Å². The molecule has 0 bridgehead atoms. The molecule has 0 saturated heterocycles. The van der Waals surface area contributed by atoms with Crippen LogP contribution in [0.4, 0.5) is 0 Å². The fourth-order valence-electron chi connectivity index (χ4n) is 0. The molecule has 0 unspecified atom stereocenters. The number of halogens is 1. The summed E-state index contributed by atoms with van der Waals surface area (Å²) in [6.45, 7) is 0. The van der Waals surface area contributed by atoms with E-state index in [1.165, 1.54) is 0 Å². The SMILES string of the molecule is [H-].[H-].[Mg+2].[Na+].[O-]Cl. The molecule has 18 valence electrons. The first-order valence-corrected chi connectivity index (χ1v) is 0.463. The maximum Gasteiger partial charge on any atom is 2.00 e. The van der Waals surface area contributed by atoms with Crippen LogP contribution in [-0.2, 0) is 0 Å². The molecule has 1 nitrogen and oxygen atoms in total. The molecule has 0 saturated carbocycles. The monoisotopic (exact) mass is 100.0 g/mol. The van der Waals surface area contributed by atoms with Crippen LogP contribution in [0.2, 0.25) is 0 Å². The molecule has 0 radical (unpaired) electrons. The standard InChI is InChI=1S/ClO.Mg.Na.2H/c1-2;;;;/q-1;+2;+1;2*-1. The van der Waals surface area contributed by atoms with Gasteiger partial charge in [0.05, 0.1) is 0 Å². The second kappa shape index (κ2) is 19.9. The van der Waals surface area contributed by atoms with Gasteiger partial charge in [-0.1, -0.05) is 0 Å². The van der Waals surface area contributed by atoms with Gasteiger partial charge in [0.1, 0.15) is 0 Å². The van der Waals surface area contributed by atoms with Gasteiger partial charge in [-0.25, -0.2) is 11.9 Å². The van der Waals surface area contributed by atoms with Crippen LogP contribution >= 0.6 is 11.9 Å². The van der Waals surface area contributed by atoms with Crippen molar-refractivity contribution in [1.82, 2.24) is 0 Å². The van der Waals surface area contributed by atoms with Gasteiger partial charge in [-0.15, -0.1) is 0 Å². The maximum atomic E-state index is 7.72. The van der Waals surface area contributed by atoms with Crippen LogP contribution in [0.5, 0.6) is 0 Å². The summed E-state index contributed by atoms with van der Waals surface area (Å²) in [4.78, 5) is 0. The normalized spacial score (nSPS) is 1.50. The minimum absolute atomic E-state index is 0. The fourth-order valence-corrected chi connectivity index (χ4v) is 0. The summed E-state index contributed by atoms with van der Waals surface area (Å²) in [7, 11) is 0. The molecule has 4 heteroatoms. The Kier molecular flexibility index (Phi) is 82.8. The van der Waals surface area contributed by atoms with E-state index < -0.39 is 0 Å². The zero-order valence-electron chi connectivity index (χ0n) is 4.49. The van der Waals surface area contributed by atoms with Crippen molar-refractivity contribution in [2.45, 2.75) is 0 Å². The van der Waals surface area contributed by atoms with E-state index >= 15 is 0 Å². The van der Waals surface area contributed by atoms with E-state index in [0.717, 1.165) is 0 Å². The third kappa shape index (κ3) is 8.99. The molecule has 0 rings (SSSR count). The minimum atomic E-state index is 0. The Hall–Kier alpha value is 2.02. The second-order valence-corrected chi connectivity index (χ2v) is 0. The van der Waals surface area contributed by atoms with Gasteiger partial charge in [0, 0.05) is 0 Å². The van der Waals surface area contributed by atoms with Crippen LogP contribution in [0.15, 0.2) is 0 Å². The number of hydrogen-bond donors (Lipinski definition) is 0. The molecule has 0 aromatic rings. The van der Waals surface area contributed by atoms with Gasteiger partial charge in [0.25, 0.3) is 0 Å². The molecule has 0 fully saturated rings. The van der Waals surface area contributed by atoms with Crippen molar-refractivity contribution in [3.63, 3.8) is 0 Å². The molecule has 0 spiro atoms. The van der Waals surface area contributed by atoms with Crippen LogP contribution in [0.1, 0.15) is 2.85 Å². The molecule has 0 aliphatic carbocycles. The largest absolute Gasteiger partial charge is 2.00 e. The van der Waals surface area contributed by atoms with Crippen molar-refractivity contribution >= 4 is 34.9 Å². The average molecular weight is 101 g/mol. The van der Waals surface area contributed by atoms with Crippen LogP contribution in [0.25, 0.3) is 0 Å². The summed E-state index contributed by atoms with van der Waals surface area (Å²) < 4.78 is 7.72. The Morgan fingerprint density at radius 3 is 1.50 bits per heavy atom. The van der Waals surface area contributed by atoms with Gasteiger partial charge in [-0.2, -0.15) is 0 Å². The van der Waals surface area contributed by atoms with Gasteiger partial charge in [-0.05, 0) is 0 Å². The molecule has 0 aliphatic rings. The molecular formula is H2ClMgNaO. The van der Waals surface area contributed by atoms with Crippen LogP contribution in [0, 0.1) is 0 Å². The van der Waals surface area contributed by atoms with Crippen LogP contribution < -0.4 is 34.2 Å². The second-order valence-electron chi connectivity index (χ2n) is 0. The molecule has 0 atom stereocenters. The third-order valence-electron chi connectivity index (χ3n) is 0. The summed E-state index contributed by atoms with van der Waals surface area (Å²) in [5.41, 5.74) is 0. The fraction of sp³-hybridized carbons (Fsp3) is 0. The number of rotatable bonds is 0. The number of hydrogen-bond acceptors (Lipinski definition) is 1. The van der Waals surface area contributed by atoms with Crippen molar-refractivity contribution in [3.8, 4) is 0 Å². The van der Waals surface area contributed by atoms with Crippen molar-refractivity contribution in [2.24, 2.45) is 0 Å². The first kappa shape index (κ1) is 16.6. The summed E-state index contributed by atoms with van der Waals surface area (Å²) in [5, 5.41) is 0. The zero-order valence-corrected chi connectivity index (χ0v) is 6.66. The Labute approximate surface area is 71.3 Å². The first-order valence-electron chi connectivity index (χ1n) is 0.154. The minimum Gasteiger partial charge on any atom is -1.00 e. The van der Waals surface area contributed by atoms with E-state index in [4.69, 9.17) is 4.66 Å². The molecule has 0 amide bonds. The predicted octanol–water partition coefficient (Wildman–Crippen LogP) is -3.65. The molecule has 0 heterocycles.